The van der Waals surface area contributed by atoms with Crippen LogP contribution in [0, 0.1) is 5.92 Å². The van der Waals surface area contributed by atoms with Gasteiger partial charge in [-0.15, -0.1) is 0 Å². The van der Waals surface area contributed by atoms with Crippen molar-refractivity contribution in [3.05, 3.63) is 16.7 Å². The number of hydrogen-bond donors (Lipinski definition) is 0. The van der Waals surface area contributed by atoms with Gasteiger partial charge in [-0.3, -0.25) is 9.69 Å². The lowest BCUT2D eigenvalue weighted by Crippen LogP contribution is -2.53. The highest BCUT2D eigenvalue weighted by Gasteiger charge is 2.41. The SMILES string of the molecule is CC(C)CCN1C(=O)C(C)(C)Oc2cc(Br)cnc21. The number of carbonyl (C=O) groups is 1. The Bertz CT molecular complexity index is 500. The van der Waals surface area contributed by atoms with Crippen molar-refractivity contribution in [2.75, 3.05) is 11.4 Å². The second kappa shape index (κ2) is 5.12. The van der Waals surface area contributed by atoms with E-state index in [2.05, 4.69) is 34.8 Å². The van der Waals surface area contributed by atoms with Gasteiger partial charge in [0.2, 0.25) is 0 Å². The van der Waals surface area contributed by atoms with Crippen LogP contribution in [0.2, 0.25) is 0 Å². The predicted octanol–water partition coefficient (Wildman–Crippen LogP) is 3.39. The van der Waals surface area contributed by atoms with Crippen LogP contribution in [0.1, 0.15) is 34.1 Å². The van der Waals surface area contributed by atoms with Gasteiger partial charge in [0, 0.05) is 17.2 Å². The van der Waals surface area contributed by atoms with Crippen LogP contribution in [-0.2, 0) is 4.79 Å². The largest absolute Gasteiger partial charge is 0.474 e. The number of ether oxygens (including phenoxy) is 1. The van der Waals surface area contributed by atoms with E-state index in [1.54, 1.807) is 24.9 Å². The summed E-state index contributed by atoms with van der Waals surface area (Å²) in [5.74, 6) is 1.78. The third kappa shape index (κ3) is 2.91. The summed E-state index contributed by atoms with van der Waals surface area (Å²) in [6.45, 7) is 8.55. The lowest BCUT2D eigenvalue weighted by atomic mass is 10.0. The van der Waals surface area contributed by atoms with Crippen molar-refractivity contribution in [3.63, 3.8) is 0 Å². The van der Waals surface area contributed by atoms with Gasteiger partial charge in [0.1, 0.15) is 0 Å². The number of hydrogen-bond acceptors (Lipinski definition) is 3. The molecule has 0 radical (unpaired) electrons. The van der Waals surface area contributed by atoms with E-state index in [9.17, 15) is 4.79 Å². The van der Waals surface area contributed by atoms with Crippen molar-refractivity contribution in [1.29, 1.82) is 0 Å². The van der Waals surface area contributed by atoms with Crippen molar-refractivity contribution in [2.24, 2.45) is 5.92 Å². The van der Waals surface area contributed by atoms with E-state index < -0.39 is 5.60 Å². The number of fused-ring (bicyclic) bond motifs is 1. The summed E-state index contributed by atoms with van der Waals surface area (Å²) in [5, 5.41) is 0. The van der Waals surface area contributed by atoms with E-state index in [4.69, 9.17) is 4.74 Å². The normalized spacial score (nSPS) is 17.4. The molecule has 2 heterocycles. The second-order valence-electron chi connectivity index (χ2n) is 5.73. The molecule has 0 saturated heterocycles. The molecule has 1 aromatic heterocycles. The molecule has 4 nitrogen and oxygen atoms in total. The van der Waals surface area contributed by atoms with Crippen LogP contribution in [0.4, 0.5) is 5.82 Å². The summed E-state index contributed by atoms with van der Waals surface area (Å²) in [6, 6.07) is 1.86. The zero-order valence-electron chi connectivity index (χ0n) is 11.7. The monoisotopic (exact) mass is 326 g/mol. The fourth-order valence-electron chi connectivity index (χ4n) is 2.03. The number of aromatic nitrogens is 1. The number of anilines is 1. The van der Waals surface area contributed by atoms with Crippen LogP contribution in [0.15, 0.2) is 16.7 Å². The van der Waals surface area contributed by atoms with E-state index >= 15 is 0 Å². The molecule has 0 unspecified atom stereocenters. The minimum absolute atomic E-state index is 0.0320. The average Bonchev–Trinajstić information content (AvgIpc) is 2.29. The Morgan fingerprint density at radius 1 is 1.47 bits per heavy atom. The molecule has 104 valence electrons. The van der Waals surface area contributed by atoms with Gasteiger partial charge in [0.05, 0.1) is 0 Å². The Hall–Kier alpha value is -1.10. The number of halogens is 1. The smallest absolute Gasteiger partial charge is 0.271 e. The molecule has 0 N–H and O–H groups in total. The van der Waals surface area contributed by atoms with Crippen molar-refractivity contribution in [3.8, 4) is 5.75 Å². The fraction of sp³-hybridized carbons (Fsp3) is 0.571. The maximum atomic E-state index is 12.5. The van der Waals surface area contributed by atoms with Crippen molar-refractivity contribution >= 4 is 27.7 Å². The first-order valence-electron chi connectivity index (χ1n) is 6.48. The standard InChI is InChI=1S/C14H19BrN2O2/c1-9(2)5-6-17-12-11(7-10(15)8-16-12)19-14(3,4)13(17)18/h7-9H,5-6H2,1-4H3. The number of nitrogens with zero attached hydrogens (tertiary/aromatic N) is 2. The van der Waals surface area contributed by atoms with E-state index in [-0.39, 0.29) is 5.91 Å². The van der Waals surface area contributed by atoms with Crippen LogP contribution in [0.3, 0.4) is 0 Å². The van der Waals surface area contributed by atoms with Gasteiger partial charge < -0.3 is 4.74 Å². The van der Waals surface area contributed by atoms with Gasteiger partial charge in [-0.05, 0) is 48.2 Å². The lowest BCUT2D eigenvalue weighted by molar-refractivity contribution is -0.132. The Morgan fingerprint density at radius 2 is 2.16 bits per heavy atom. The Labute approximate surface area is 122 Å². The zero-order chi connectivity index (χ0) is 14.2. The summed E-state index contributed by atoms with van der Waals surface area (Å²) in [7, 11) is 0. The van der Waals surface area contributed by atoms with Gasteiger partial charge in [0.25, 0.3) is 5.91 Å². The van der Waals surface area contributed by atoms with Gasteiger partial charge in [-0.1, -0.05) is 13.8 Å². The third-order valence-corrected chi connectivity index (χ3v) is 3.54. The molecule has 0 spiro atoms. The Balaban J connectivity index is 2.38. The molecule has 5 heteroatoms. The number of pyridine rings is 1. The average molecular weight is 327 g/mol. The summed E-state index contributed by atoms with van der Waals surface area (Å²) in [5.41, 5.74) is -0.841. The zero-order valence-corrected chi connectivity index (χ0v) is 13.3. The Morgan fingerprint density at radius 3 is 2.79 bits per heavy atom. The highest BCUT2D eigenvalue weighted by molar-refractivity contribution is 9.10. The highest BCUT2D eigenvalue weighted by atomic mass is 79.9. The van der Waals surface area contributed by atoms with E-state index in [0.717, 1.165) is 10.9 Å². The molecule has 19 heavy (non-hydrogen) atoms. The minimum atomic E-state index is -0.841. The quantitative estimate of drug-likeness (QED) is 0.855. The molecule has 1 aromatic rings. The number of rotatable bonds is 3. The molecule has 2 rings (SSSR count). The van der Waals surface area contributed by atoms with Gasteiger partial charge in [-0.25, -0.2) is 4.98 Å². The molecule has 0 atom stereocenters. The first-order valence-corrected chi connectivity index (χ1v) is 7.27. The first-order chi connectivity index (χ1) is 8.81. The molecule has 1 amide bonds. The molecule has 0 aliphatic carbocycles. The van der Waals surface area contributed by atoms with Crippen molar-refractivity contribution in [1.82, 2.24) is 4.98 Å². The van der Waals surface area contributed by atoms with Crippen LogP contribution >= 0.6 is 15.9 Å². The van der Waals surface area contributed by atoms with E-state index in [0.29, 0.717) is 24.0 Å². The molecule has 0 saturated carbocycles. The molecule has 1 aliphatic rings. The van der Waals surface area contributed by atoms with Gasteiger partial charge >= 0.3 is 0 Å². The van der Waals surface area contributed by atoms with Crippen LogP contribution in [0.5, 0.6) is 5.75 Å². The summed E-state index contributed by atoms with van der Waals surface area (Å²) in [4.78, 5) is 18.5. The second-order valence-corrected chi connectivity index (χ2v) is 6.64. The van der Waals surface area contributed by atoms with Gasteiger partial charge in [0.15, 0.2) is 17.2 Å². The number of amides is 1. The lowest BCUT2D eigenvalue weighted by Gasteiger charge is -2.38. The van der Waals surface area contributed by atoms with Gasteiger partial charge in [-0.2, -0.15) is 0 Å². The topological polar surface area (TPSA) is 42.4 Å². The molecular weight excluding hydrogens is 308 g/mol. The van der Waals surface area contributed by atoms with Crippen molar-refractivity contribution in [2.45, 2.75) is 39.7 Å². The maximum Gasteiger partial charge on any atom is 0.271 e. The first kappa shape index (κ1) is 14.3. The Kier molecular flexibility index (Phi) is 3.85. The van der Waals surface area contributed by atoms with E-state index in [1.165, 1.54) is 0 Å². The molecule has 0 bridgehead atoms. The summed E-state index contributed by atoms with van der Waals surface area (Å²) < 4.78 is 6.61. The minimum Gasteiger partial charge on any atom is -0.474 e. The van der Waals surface area contributed by atoms with Crippen LogP contribution < -0.4 is 9.64 Å². The highest BCUT2D eigenvalue weighted by Crippen LogP contribution is 2.37. The van der Waals surface area contributed by atoms with Crippen LogP contribution in [0.25, 0.3) is 0 Å². The molecule has 1 aliphatic heterocycles. The summed E-state index contributed by atoms with van der Waals surface area (Å²) in [6.07, 6.45) is 2.63. The summed E-state index contributed by atoms with van der Waals surface area (Å²) >= 11 is 3.38. The fourth-order valence-corrected chi connectivity index (χ4v) is 2.34. The molecule has 0 fully saturated rings. The van der Waals surface area contributed by atoms with Crippen LogP contribution in [-0.4, -0.2) is 23.0 Å². The third-order valence-electron chi connectivity index (χ3n) is 3.11. The van der Waals surface area contributed by atoms with Crippen molar-refractivity contribution < 1.29 is 9.53 Å². The van der Waals surface area contributed by atoms with E-state index in [1.807, 2.05) is 6.07 Å². The number of carbonyl (C=O) groups excluding carboxylic acids is 1. The molecular formula is C14H19BrN2O2. The predicted molar refractivity (Wildman–Crippen MR) is 78.5 cm³/mol. The maximum absolute atomic E-state index is 12.5. The molecule has 0 aromatic carbocycles.